The zero-order valence-corrected chi connectivity index (χ0v) is 17.7. The van der Waals surface area contributed by atoms with E-state index in [2.05, 4.69) is 32.8 Å². The predicted octanol–water partition coefficient (Wildman–Crippen LogP) is 3.44. The summed E-state index contributed by atoms with van der Waals surface area (Å²) in [5.74, 6) is 0.557. The van der Waals surface area contributed by atoms with Gasteiger partial charge in [-0.1, -0.05) is 30.3 Å². The van der Waals surface area contributed by atoms with Crippen molar-refractivity contribution in [3.8, 4) is 22.0 Å². The van der Waals surface area contributed by atoms with Crippen LogP contribution in [0.5, 0.6) is 0 Å². The molecule has 3 heterocycles. The van der Waals surface area contributed by atoms with E-state index >= 15 is 0 Å². The van der Waals surface area contributed by atoms with Gasteiger partial charge in [-0.3, -0.25) is 4.79 Å². The number of likely N-dealkylation sites (N-methyl/N-ethyl adjacent to an activating group) is 1. The third-order valence-electron chi connectivity index (χ3n) is 5.28. The van der Waals surface area contributed by atoms with Crippen LogP contribution in [0.4, 0.5) is 5.95 Å². The smallest absolute Gasteiger partial charge is 0.251 e. The standard InChI is InChI=1S/C17H16N4S.C5H9NO2/c1-2-5-12(6-3-1)16-20-15(11-22-16)14-9-10-18-17(21-14)19-13-7-4-8-13;1-6-3-2-4(7)5(6)8/h1-3,5-6,9-11,13H,4,7-8H2,(H,18,19,21);4,7H,2-3H2,1H3. The van der Waals surface area contributed by atoms with Gasteiger partial charge >= 0.3 is 0 Å². The molecule has 7 nitrogen and oxygen atoms in total. The summed E-state index contributed by atoms with van der Waals surface area (Å²) in [5, 5.41) is 15.2. The normalized spacial score (nSPS) is 18.5. The van der Waals surface area contributed by atoms with Gasteiger partial charge in [0.05, 0.1) is 5.69 Å². The molecule has 156 valence electrons. The van der Waals surface area contributed by atoms with Gasteiger partial charge in [-0.25, -0.2) is 15.0 Å². The average Bonchev–Trinajstić information content (AvgIpc) is 3.35. The maximum atomic E-state index is 10.6. The lowest BCUT2D eigenvalue weighted by Gasteiger charge is -2.26. The predicted molar refractivity (Wildman–Crippen MR) is 118 cm³/mol. The Kier molecular flexibility index (Phi) is 6.35. The van der Waals surface area contributed by atoms with Gasteiger partial charge in [0, 0.05) is 36.8 Å². The Balaban J connectivity index is 0.000000230. The third kappa shape index (κ3) is 4.83. The molecule has 2 aliphatic rings. The lowest BCUT2D eigenvalue weighted by molar-refractivity contribution is -0.133. The highest BCUT2D eigenvalue weighted by Crippen LogP contribution is 2.28. The molecule has 0 spiro atoms. The van der Waals surface area contributed by atoms with Crippen molar-refractivity contribution in [2.45, 2.75) is 37.8 Å². The molecule has 30 heavy (non-hydrogen) atoms. The maximum absolute atomic E-state index is 10.6. The van der Waals surface area contributed by atoms with E-state index in [4.69, 9.17) is 10.1 Å². The number of amides is 1. The van der Waals surface area contributed by atoms with Crippen LogP contribution in [-0.4, -0.2) is 56.6 Å². The highest BCUT2D eigenvalue weighted by atomic mass is 32.1. The molecule has 2 fully saturated rings. The van der Waals surface area contributed by atoms with Crippen LogP contribution in [-0.2, 0) is 4.79 Å². The first-order valence-electron chi connectivity index (χ1n) is 10.1. The SMILES string of the molecule is CN1CCC(O)C1=O.c1ccc(-c2nc(-c3ccnc(NC4CCC4)n3)cs2)cc1. The van der Waals surface area contributed by atoms with Gasteiger partial charge in [-0.05, 0) is 31.7 Å². The Morgan fingerprint density at radius 3 is 2.50 bits per heavy atom. The second kappa shape index (κ2) is 9.32. The zero-order valence-electron chi connectivity index (χ0n) is 16.9. The first-order valence-corrected chi connectivity index (χ1v) is 11.0. The van der Waals surface area contributed by atoms with E-state index in [-0.39, 0.29) is 5.91 Å². The molecule has 1 unspecified atom stereocenters. The number of anilines is 1. The van der Waals surface area contributed by atoms with Gasteiger partial charge in [-0.2, -0.15) is 0 Å². The Labute approximate surface area is 179 Å². The molecule has 2 aromatic heterocycles. The number of rotatable bonds is 4. The summed E-state index contributed by atoms with van der Waals surface area (Å²) in [5.41, 5.74) is 2.92. The van der Waals surface area contributed by atoms with E-state index in [0.717, 1.165) is 22.0 Å². The highest BCUT2D eigenvalue weighted by molar-refractivity contribution is 7.13. The van der Waals surface area contributed by atoms with Crippen LogP contribution < -0.4 is 5.32 Å². The minimum Gasteiger partial charge on any atom is -0.383 e. The molecule has 1 amide bonds. The number of carbonyl (C=O) groups is 1. The van der Waals surface area contributed by atoms with Gasteiger partial charge in [-0.15, -0.1) is 11.3 Å². The molecule has 1 atom stereocenters. The van der Waals surface area contributed by atoms with Gasteiger partial charge < -0.3 is 15.3 Å². The van der Waals surface area contributed by atoms with Crippen molar-refractivity contribution in [2.24, 2.45) is 0 Å². The molecular formula is C22H25N5O2S. The number of carbonyl (C=O) groups excluding carboxylic acids is 1. The fraction of sp³-hybridized carbons (Fsp3) is 0.364. The molecule has 1 aliphatic heterocycles. The molecule has 2 N–H and O–H groups in total. The van der Waals surface area contributed by atoms with Crippen molar-refractivity contribution in [1.29, 1.82) is 0 Å². The molecule has 1 saturated carbocycles. The summed E-state index contributed by atoms with van der Waals surface area (Å²) >= 11 is 1.64. The lowest BCUT2D eigenvalue weighted by atomic mass is 9.93. The number of thiazole rings is 1. The second-order valence-corrected chi connectivity index (χ2v) is 8.36. The maximum Gasteiger partial charge on any atom is 0.251 e. The fourth-order valence-electron chi connectivity index (χ4n) is 3.21. The molecule has 1 aliphatic carbocycles. The van der Waals surface area contributed by atoms with Gasteiger partial charge in [0.2, 0.25) is 5.95 Å². The van der Waals surface area contributed by atoms with E-state index in [9.17, 15) is 4.79 Å². The van der Waals surface area contributed by atoms with E-state index in [1.54, 1.807) is 24.6 Å². The number of hydrogen-bond donors (Lipinski definition) is 2. The van der Waals surface area contributed by atoms with E-state index in [1.165, 1.54) is 24.2 Å². The lowest BCUT2D eigenvalue weighted by Crippen LogP contribution is -2.28. The Morgan fingerprint density at radius 2 is 1.90 bits per heavy atom. The van der Waals surface area contributed by atoms with Crippen LogP contribution in [0.2, 0.25) is 0 Å². The minimum atomic E-state index is -0.722. The second-order valence-electron chi connectivity index (χ2n) is 7.51. The van der Waals surface area contributed by atoms with Crippen molar-refractivity contribution in [3.63, 3.8) is 0 Å². The summed E-state index contributed by atoms with van der Waals surface area (Å²) in [4.78, 5) is 25.7. The summed E-state index contributed by atoms with van der Waals surface area (Å²) in [6.07, 6.45) is 5.38. The Morgan fingerprint density at radius 1 is 1.10 bits per heavy atom. The van der Waals surface area contributed by atoms with Crippen molar-refractivity contribution < 1.29 is 9.90 Å². The van der Waals surface area contributed by atoms with Crippen LogP contribution in [0.3, 0.4) is 0 Å². The first kappa shape index (κ1) is 20.4. The van der Waals surface area contributed by atoms with E-state index < -0.39 is 6.10 Å². The molecule has 5 rings (SSSR count). The number of aliphatic hydroxyl groups is 1. The number of nitrogens with zero attached hydrogens (tertiary/aromatic N) is 4. The quantitative estimate of drug-likeness (QED) is 0.668. The molecule has 0 radical (unpaired) electrons. The zero-order chi connectivity index (χ0) is 20.9. The third-order valence-corrected chi connectivity index (χ3v) is 6.17. The van der Waals surface area contributed by atoms with Gasteiger partial charge in [0.15, 0.2) is 0 Å². The summed E-state index contributed by atoms with van der Waals surface area (Å²) in [6, 6.07) is 12.7. The number of likely N-dealkylation sites (tertiary alicyclic amines) is 1. The summed E-state index contributed by atoms with van der Waals surface area (Å²) < 4.78 is 0. The van der Waals surface area contributed by atoms with Gasteiger partial charge in [0.1, 0.15) is 16.8 Å². The molecule has 0 bridgehead atoms. The van der Waals surface area contributed by atoms with Crippen LogP contribution >= 0.6 is 11.3 Å². The molecular weight excluding hydrogens is 398 g/mol. The van der Waals surface area contributed by atoms with Crippen molar-refractivity contribution in [3.05, 3.63) is 48.0 Å². The van der Waals surface area contributed by atoms with E-state index in [1.807, 2.05) is 24.3 Å². The van der Waals surface area contributed by atoms with Crippen molar-refractivity contribution in [2.75, 3.05) is 18.9 Å². The molecule has 1 saturated heterocycles. The summed E-state index contributed by atoms with van der Waals surface area (Å²) in [6.45, 7) is 0.694. The molecule has 1 aromatic carbocycles. The van der Waals surface area contributed by atoms with E-state index in [0.29, 0.717) is 25.0 Å². The van der Waals surface area contributed by atoms with Crippen LogP contribution in [0.1, 0.15) is 25.7 Å². The number of nitrogens with one attached hydrogen (secondary N) is 1. The topological polar surface area (TPSA) is 91.2 Å². The highest BCUT2D eigenvalue weighted by Gasteiger charge is 2.26. The minimum absolute atomic E-state index is 0.148. The Bertz CT molecular complexity index is 978. The van der Waals surface area contributed by atoms with Crippen molar-refractivity contribution >= 4 is 23.2 Å². The summed E-state index contributed by atoms with van der Waals surface area (Å²) in [7, 11) is 1.69. The van der Waals surface area contributed by atoms with Crippen LogP contribution in [0.15, 0.2) is 48.0 Å². The number of aromatic nitrogens is 3. The molecule has 3 aromatic rings. The monoisotopic (exact) mass is 423 g/mol. The molecule has 8 heteroatoms. The number of aliphatic hydroxyl groups excluding tert-OH is 1. The van der Waals surface area contributed by atoms with Gasteiger partial charge in [0.25, 0.3) is 5.91 Å². The van der Waals surface area contributed by atoms with Crippen molar-refractivity contribution in [1.82, 2.24) is 19.9 Å². The Hall–Kier alpha value is -2.84. The number of benzene rings is 1. The van der Waals surface area contributed by atoms with Crippen LogP contribution in [0.25, 0.3) is 22.0 Å². The average molecular weight is 424 g/mol. The fourth-order valence-corrected chi connectivity index (χ4v) is 4.03. The first-order chi connectivity index (χ1) is 14.6. The van der Waals surface area contributed by atoms with Crippen LogP contribution in [0, 0.1) is 0 Å². The number of hydrogen-bond acceptors (Lipinski definition) is 7. The largest absolute Gasteiger partial charge is 0.383 e.